The molecule has 0 amide bonds. The SMILES string of the molecule is CCn1ncc(N2CCc3cccc(N)c3C2)c(Cl)c1=O. The Hall–Kier alpha value is -2.01. The van der Waals surface area contributed by atoms with Crippen LogP contribution in [0.1, 0.15) is 18.1 Å². The monoisotopic (exact) mass is 304 g/mol. The highest BCUT2D eigenvalue weighted by molar-refractivity contribution is 6.33. The van der Waals surface area contributed by atoms with Crippen molar-refractivity contribution in [3.8, 4) is 0 Å². The van der Waals surface area contributed by atoms with Crippen LogP contribution in [0.5, 0.6) is 0 Å². The van der Waals surface area contributed by atoms with Crippen molar-refractivity contribution in [3.05, 3.63) is 50.9 Å². The van der Waals surface area contributed by atoms with Crippen LogP contribution in [0, 0.1) is 0 Å². The highest BCUT2D eigenvalue weighted by Gasteiger charge is 2.21. The van der Waals surface area contributed by atoms with Gasteiger partial charge in [-0.15, -0.1) is 0 Å². The number of aromatic nitrogens is 2. The molecule has 1 aromatic heterocycles. The quantitative estimate of drug-likeness (QED) is 0.863. The Morgan fingerprint density at radius 2 is 2.24 bits per heavy atom. The summed E-state index contributed by atoms with van der Waals surface area (Å²) in [5.41, 5.74) is 9.64. The van der Waals surface area contributed by atoms with Gasteiger partial charge in [0.2, 0.25) is 0 Å². The largest absolute Gasteiger partial charge is 0.398 e. The van der Waals surface area contributed by atoms with Crippen LogP contribution >= 0.6 is 11.6 Å². The van der Waals surface area contributed by atoms with Crippen molar-refractivity contribution in [1.29, 1.82) is 0 Å². The molecule has 1 aromatic carbocycles. The molecule has 0 spiro atoms. The molecule has 0 radical (unpaired) electrons. The molecule has 6 heteroatoms. The Morgan fingerprint density at radius 3 is 3.00 bits per heavy atom. The van der Waals surface area contributed by atoms with Gasteiger partial charge in [-0.25, -0.2) is 4.68 Å². The summed E-state index contributed by atoms with van der Waals surface area (Å²) in [6.45, 7) is 3.82. The second-order valence-corrected chi connectivity index (χ2v) is 5.50. The molecule has 5 nitrogen and oxygen atoms in total. The summed E-state index contributed by atoms with van der Waals surface area (Å²) in [6, 6.07) is 5.97. The lowest BCUT2D eigenvalue weighted by molar-refractivity contribution is 0.611. The van der Waals surface area contributed by atoms with E-state index in [9.17, 15) is 4.79 Å². The van der Waals surface area contributed by atoms with Crippen molar-refractivity contribution in [1.82, 2.24) is 9.78 Å². The van der Waals surface area contributed by atoms with Crippen molar-refractivity contribution < 1.29 is 0 Å². The zero-order chi connectivity index (χ0) is 15.0. The van der Waals surface area contributed by atoms with E-state index < -0.39 is 0 Å². The van der Waals surface area contributed by atoms with Gasteiger partial charge in [-0.3, -0.25) is 4.79 Å². The summed E-state index contributed by atoms with van der Waals surface area (Å²) in [5, 5.41) is 4.38. The molecular formula is C15H17ClN4O. The third-order valence-electron chi connectivity index (χ3n) is 3.92. The first-order chi connectivity index (χ1) is 10.1. The maximum atomic E-state index is 12.1. The van der Waals surface area contributed by atoms with Gasteiger partial charge in [0.25, 0.3) is 5.56 Å². The molecule has 0 fully saturated rings. The van der Waals surface area contributed by atoms with Crippen LogP contribution in [-0.4, -0.2) is 16.3 Å². The number of nitrogens with two attached hydrogens (primary N) is 1. The fourth-order valence-electron chi connectivity index (χ4n) is 2.71. The number of halogens is 1. The zero-order valence-electron chi connectivity index (χ0n) is 11.8. The summed E-state index contributed by atoms with van der Waals surface area (Å²) in [5.74, 6) is 0. The minimum absolute atomic E-state index is 0.227. The van der Waals surface area contributed by atoms with Gasteiger partial charge in [0.05, 0.1) is 11.9 Å². The molecule has 2 N–H and O–H groups in total. The number of nitrogens with zero attached hydrogens (tertiary/aromatic N) is 3. The highest BCUT2D eigenvalue weighted by Crippen LogP contribution is 2.30. The first-order valence-electron chi connectivity index (χ1n) is 6.98. The molecule has 3 rings (SSSR count). The Balaban J connectivity index is 1.99. The molecule has 0 saturated heterocycles. The van der Waals surface area contributed by atoms with E-state index in [4.69, 9.17) is 17.3 Å². The molecule has 1 aliphatic heterocycles. The van der Waals surface area contributed by atoms with Crippen LogP contribution in [0.15, 0.2) is 29.2 Å². The van der Waals surface area contributed by atoms with Crippen molar-refractivity contribution in [3.63, 3.8) is 0 Å². The van der Waals surface area contributed by atoms with Gasteiger partial charge in [-0.05, 0) is 30.5 Å². The van der Waals surface area contributed by atoms with Crippen molar-refractivity contribution in [2.75, 3.05) is 17.2 Å². The predicted octanol–water partition coefficient (Wildman–Crippen LogP) is 2.06. The fourth-order valence-corrected chi connectivity index (χ4v) is 2.98. The van der Waals surface area contributed by atoms with Gasteiger partial charge in [0.15, 0.2) is 0 Å². The van der Waals surface area contributed by atoms with Gasteiger partial charge in [-0.1, -0.05) is 23.7 Å². The van der Waals surface area contributed by atoms with Crippen LogP contribution in [0.25, 0.3) is 0 Å². The molecule has 2 heterocycles. The minimum Gasteiger partial charge on any atom is -0.398 e. The first-order valence-corrected chi connectivity index (χ1v) is 7.36. The zero-order valence-corrected chi connectivity index (χ0v) is 12.6. The van der Waals surface area contributed by atoms with Crippen LogP contribution in [0.3, 0.4) is 0 Å². The number of benzene rings is 1. The van der Waals surface area contributed by atoms with Gasteiger partial charge in [-0.2, -0.15) is 5.10 Å². The minimum atomic E-state index is -0.247. The third kappa shape index (κ3) is 2.38. The van der Waals surface area contributed by atoms with E-state index in [1.807, 2.05) is 19.1 Å². The summed E-state index contributed by atoms with van der Waals surface area (Å²) in [7, 11) is 0. The number of aryl methyl sites for hydroxylation is 1. The summed E-state index contributed by atoms with van der Waals surface area (Å²) in [6.07, 6.45) is 2.55. The average molecular weight is 305 g/mol. The van der Waals surface area contributed by atoms with Gasteiger partial charge >= 0.3 is 0 Å². The lowest BCUT2D eigenvalue weighted by atomic mass is 9.98. The van der Waals surface area contributed by atoms with Crippen molar-refractivity contribution in [2.45, 2.75) is 26.4 Å². The molecule has 0 unspecified atom stereocenters. The molecule has 110 valence electrons. The van der Waals surface area contributed by atoms with E-state index in [2.05, 4.69) is 16.1 Å². The topological polar surface area (TPSA) is 64.2 Å². The molecule has 1 aliphatic rings. The van der Waals surface area contributed by atoms with Gasteiger partial charge in [0.1, 0.15) is 5.02 Å². The Labute approximate surface area is 127 Å². The Kier molecular flexibility index (Phi) is 3.59. The molecule has 0 atom stereocenters. The van der Waals surface area contributed by atoms with Gasteiger partial charge in [0, 0.05) is 25.3 Å². The maximum absolute atomic E-state index is 12.1. The Bertz CT molecular complexity index is 741. The average Bonchev–Trinajstić information content (AvgIpc) is 2.50. The number of rotatable bonds is 2. The van der Waals surface area contributed by atoms with E-state index >= 15 is 0 Å². The van der Waals surface area contributed by atoms with E-state index in [0.29, 0.717) is 18.8 Å². The lowest BCUT2D eigenvalue weighted by Gasteiger charge is -2.31. The highest BCUT2D eigenvalue weighted by atomic mass is 35.5. The standard InChI is InChI=1S/C15H17ClN4O/c1-2-20-15(21)14(16)13(8-18-20)19-7-6-10-4-3-5-12(17)11(10)9-19/h3-5,8H,2,6-7,9,17H2,1H3. The fraction of sp³-hybridized carbons (Fsp3) is 0.333. The van der Waals surface area contributed by atoms with Crippen LogP contribution < -0.4 is 16.2 Å². The van der Waals surface area contributed by atoms with Crippen molar-refractivity contribution >= 4 is 23.0 Å². The molecular weight excluding hydrogens is 288 g/mol. The summed E-state index contributed by atoms with van der Waals surface area (Å²) in [4.78, 5) is 14.2. The summed E-state index contributed by atoms with van der Waals surface area (Å²) < 4.78 is 1.36. The number of hydrogen-bond acceptors (Lipinski definition) is 4. The Morgan fingerprint density at radius 1 is 1.43 bits per heavy atom. The molecule has 0 bridgehead atoms. The normalized spacial score (nSPS) is 14.1. The molecule has 2 aromatic rings. The lowest BCUT2D eigenvalue weighted by Crippen LogP contribution is -2.33. The van der Waals surface area contributed by atoms with Crippen LogP contribution in [0.4, 0.5) is 11.4 Å². The number of fused-ring (bicyclic) bond motifs is 1. The van der Waals surface area contributed by atoms with Crippen LogP contribution in [0.2, 0.25) is 5.02 Å². The van der Waals surface area contributed by atoms with Crippen LogP contribution in [-0.2, 0) is 19.5 Å². The second kappa shape index (κ2) is 5.41. The molecule has 21 heavy (non-hydrogen) atoms. The first kappa shape index (κ1) is 13.9. The molecule has 0 saturated carbocycles. The van der Waals surface area contributed by atoms with E-state index in [1.54, 1.807) is 6.20 Å². The maximum Gasteiger partial charge on any atom is 0.287 e. The van der Waals surface area contributed by atoms with E-state index in [0.717, 1.165) is 24.2 Å². The number of anilines is 2. The summed E-state index contributed by atoms with van der Waals surface area (Å²) >= 11 is 6.23. The smallest absolute Gasteiger partial charge is 0.287 e. The number of nitrogen functional groups attached to an aromatic ring is 1. The number of hydrogen-bond donors (Lipinski definition) is 1. The predicted molar refractivity (Wildman–Crippen MR) is 84.8 cm³/mol. The third-order valence-corrected chi connectivity index (χ3v) is 4.27. The van der Waals surface area contributed by atoms with Gasteiger partial charge < -0.3 is 10.6 Å². The second-order valence-electron chi connectivity index (χ2n) is 5.12. The molecule has 0 aliphatic carbocycles. The van der Waals surface area contributed by atoms with E-state index in [1.165, 1.54) is 10.2 Å². The van der Waals surface area contributed by atoms with E-state index in [-0.39, 0.29) is 10.6 Å². The van der Waals surface area contributed by atoms with Crippen molar-refractivity contribution in [2.24, 2.45) is 0 Å².